The maximum atomic E-state index is 12.6. The lowest BCUT2D eigenvalue weighted by atomic mass is 10.0. The Morgan fingerprint density at radius 3 is 2.85 bits per heavy atom. The van der Waals surface area contributed by atoms with Gasteiger partial charge in [-0.05, 0) is 18.2 Å². The predicted molar refractivity (Wildman–Crippen MR) is 45.7 cm³/mol. The predicted octanol–water partition coefficient (Wildman–Crippen LogP) is 2.29. The molecule has 0 bridgehead atoms. The summed E-state index contributed by atoms with van der Waals surface area (Å²) in [7, 11) is 0. The van der Waals surface area contributed by atoms with Crippen LogP contribution in [0.5, 0.6) is 0 Å². The quantitative estimate of drug-likeness (QED) is 0.650. The summed E-state index contributed by atoms with van der Waals surface area (Å²) in [5.41, 5.74) is 0.401. The van der Waals surface area contributed by atoms with Crippen molar-refractivity contribution in [1.82, 2.24) is 0 Å². The number of Topliss-reactive ketones (excluding diaryl/α,β-unsaturated/α-hetero) is 1. The second-order valence-electron chi connectivity index (χ2n) is 2.58. The monoisotopic (exact) mass is 177 g/mol. The Balaban J connectivity index is 3.23. The van der Waals surface area contributed by atoms with Gasteiger partial charge in [0.15, 0.2) is 5.78 Å². The SMILES string of the molecule is CCC(=O)c1ccc(F)cc1C#N. The number of hydrogen-bond donors (Lipinski definition) is 0. The zero-order valence-electron chi connectivity index (χ0n) is 7.17. The van der Waals surface area contributed by atoms with E-state index in [0.29, 0.717) is 12.0 Å². The fourth-order valence-corrected chi connectivity index (χ4v) is 1.04. The molecule has 0 fully saturated rings. The zero-order chi connectivity index (χ0) is 9.84. The van der Waals surface area contributed by atoms with Gasteiger partial charge in [-0.3, -0.25) is 4.79 Å². The van der Waals surface area contributed by atoms with Crippen LogP contribution in [0.15, 0.2) is 18.2 Å². The van der Waals surface area contributed by atoms with Crippen molar-refractivity contribution in [2.45, 2.75) is 13.3 Å². The zero-order valence-corrected chi connectivity index (χ0v) is 7.17. The van der Waals surface area contributed by atoms with Gasteiger partial charge in [0.05, 0.1) is 11.6 Å². The van der Waals surface area contributed by atoms with Crippen molar-refractivity contribution in [2.24, 2.45) is 0 Å². The lowest BCUT2D eigenvalue weighted by molar-refractivity contribution is 0.0988. The van der Waals surface area contributed by atoms with E-state index in [4.69, 9.17) is 5.26 Å². The molecule has 0 atom stereocenters. The van der Waals surface area contributed by atoms with Crippen LogP contribution in [0.4, 0.5) is 4.39 Å². The first-order chi connectivity index (χ1) is 6.19. The highest BCUT2D eigenvalue weighted by molar-refractivity contribution is 5.98. The van der Waals surface area contributed by atoms with Gasteiger partial charge in [-0.1, -0.05) is 6.92 Å². The van der Waals surface area contributed by atoms with Gasteiger partial charge in [-0.15, -0.1) is 0 Å². The molecule has 0 aliphatic rings. The first-order valence-corrected chi connectivity index (χ1v) is 3.92. The average Bonchev–Trinajstić information content (AvgIpc) is 2.16. The molecule has 1 rings (SSSR count). The van der Waals surface area contributed by atoms with Crippen molar-refractivity contribution >= 4 is 5.78 Å². The Labute approximate surface area is 75.6 Å². The molecule has 2 nitrogen and oxygen atoms in total. The normalized spacial score (nSPS) is 9.31. The highest BCUT2D eigenvalue weighted by atomic mass is 19.1. The molecule has 0 aromatic heterocycles. The van der Waals surface area contributed by atoms with Gasteiger partial charge < -0.3 is 0 Å². The summed E-state index contributed by atoms with van der Waals surface area (Å²) in [6.07, 6.45) is 0.320. The number of halogens is 1. The van der Waals surface area contributed by atoms with E-state index in [2.05, 4.69) is 0 Å². The van der Waals surface area contributed by atoms with Gasteiger partial charge in [-0.25, -0.2) is 4.39 Å². The fourth-order valence-electron chi connectivity index (χ4n) is 1.04. The van der Waals surface area contributed by atoms with Crippen LogP contribution < -0.4 is 0 Å². The molecule has 3 heteroatoms. The number of benzene rings is 1. The minimum absolute atomic E-state index is 0.104. The van der Waals surface area contributed by atoms with Gasteiger partial charge in [0.2, 0.25) is 0 Å². The van der Waals surface area contributed by atoms with Crippen LogP contribution >= 0.6 is 0 Å². The standard InChI is InChI=1S/C10H8FNO/c1-2-10(13)9-4-3-8(11)5-7(9)6-12/h3-5H,2H2,1H3. The lowest BCUT2D eigenvalue weighted by Gasteiger charge is -1.99. The van der Waals surface area contributed by atoms with Crippen molar-refractivity contribution < 1.29 is 9.18 Å². The summed E-state index contributed by atoms with van der Waals surface area (Å²) in [5.74, 6) is -0.638. The molecule has 13 heavy (non-hydrogen) atoms. The van der Waals surface area contributed by atoms with Crippen LogP contribution in [0.2, 0.25) is 0 Å². The van der Waals surface area contributed by atoms with Crippen LogP contribution in [0, 0.1) is 17.1 Å². The van der Waals surface area contributed by atoms with Crippen molar-refractivity contribution in [3.05, 3.63) is 35.1 Å². The Hall–Kier alpha value is -1.69. The van der Waals surface area contributed by atoms with E-state index in [0.717, 1.165) is 6.07 Å². The van der Waals surface area contributed by atoms with Crippen molar-refractivity contribution in [3.63, 3.8) is 0 Å². The van der Waals surface area contributed by atoms with Crippen LogP contribution in [0.3, 0.4) is 0 Å². The minimum Gasteiger partial charge on any atom is -0.294 e. The number of nitriles is 1. The lowest BCUT2D eigenvalue weighted by Crippen LogP contribution is -2.00. The number of carbonyl (C=O) groups is 1. The van der Waals surface area contributed by atoms with E-state index < -0.39 is 5.82 Å². The van der Waals surface area contributed by atoms with Gasteiger partial charge in [-0.2, -0.15) is 5.26 Å². The smallest absolute Gasteiger partial charge is 0.163 e. The number of hydrogen-bond acceptors (Lipinski definition) is 2. The molecule has 0 saturated heterocycles. The highest BCUT2D eigenvalue weighted by Crippen LogP contribution is 2.12. The summed E-state index contributed by atoms with van der Waals surface area (Å²) >= 11 is 0. The molecule has 0 amide bonds. The molecule has 0 aliphatic carbocycles. The molecule has 0 radical (unpaired) electrons. The molecule has 66 valence electrons. The molecular weight excluding hydrogens is 169 g/mol. The van der Waals surface area contributed by atoms with E-state index in [-0.39, 0.29) is 11.3 Å². The largest absolute Gasteiger partial charge is 0.294 e. The third-order valence-corrected chi connectivity index (χ3v) is 1.72. The van der Waals surface area contributed by atoms with Gasteiger partial charge in [0, 0.05) is 12.0 Å². The van der Waals surface area contributed by atoms with Crippen LogP contribution in [0.25, 0.3) is 0 Å². The fraction of sp³-hybridized carbons (Fsp3) is 0.200. The number of nitrogens with zero attached hydrogens (tertiary/aromatic N) is 1. The Morgan fingerprint density at radius 2 is 2.31 bits per heavy atom. The number of ketones is 1. The number of rotatable bonds is 2. The van der Waals surface area contributed by atoms with E-state index in [9.17, 15) is 9.18 Å². The van der Waals surface area contributed by atoms with Crippen molar-refractivity contribution in [1.29, 1.82) is 5.26 Å². The van der Waals surface area contributed by atoms with E-state index >= 15 is 0 Å². The topological polar surface area (TPSA) is 40.9 Å². The summed E-state index contributed by atoms with van der Waals surface area (Å²) in [4.78, 5) is 11.2. The van der Waals surface area contributed by atoms with Crippen LogP contribution in [0.1, 0.15) is 29.3 Å². The van der Waals surface area contributed by atoms with Crippen molar-refractivity contribution in [2.75, 3.05) is 0 Å². The molecule has 0 saturated carbocycles. The van der Waals surface area contributed by atoms with Crippen molar-refractivity contribution in [3.8, 4) is 6.07 Å². The molecule has 0 aliphatic heterocycles. The molecule has 1 aromatic rings. The first-order valence-electron chi connectivity index (χ1n) is 3.92. The second-order valence-corrected chi connectivity index (χ2v) is 2.58. The first kappa shape index (κ1) is 9.40. The van der Waals surface area contributed by atoms with Gasteiger partial charge in [0.1, 0.15) is 5.82 Å². The maximum absolute atomic E-state index is 12.6. The third kappa shape index (κ3) is 1.91. The molecule has 1 aromatic carbocycles. The highest BCUT2D eigenvalue weighted by Gasteiger charge is 2.09. The molecular formula is C10H8FNO. The van der Waals surface area contributed by atoms with Crippen LogP contribution in [-0.4, -0.2) is 5.78 Å². The molecule has 0 heterocycles. The third-order valence-electron chi connectivity index (χ3n) is 1.72. The average molecular weight is 177 g/mol. The van der Waals surface area contributed by atoms with E-state index in [1.165, 1.54) is 12.1 Å². The molecule has 0 spiro atoms. The van der Waals surface area contributed by atoms with Gasteiger partial charge >= 0.3 is 0 Å². The summed E-state index contributed by atoms with van der Waals surface area (Å²) < 4.78 is 12.6. The van der Waals surface area contributed by atoms with Crippen LogP contribution in [-0.2, 0) is 0 Å². The second kappa shape index (κ2) is 3.81. The molecule has 0 unspecified atom stereocenters. The van der Waals surface area contributed by atoms with Gasteiger partial charge in [0.25, 0.3) is 0 Å². The maximum Gasteiger partial charge on any atom is 0.163 e. The summed E-state index contributed by atoms with van der Waals surface area (Å²) in [5, 5.41) is 8.62. The number of carbonyl (C=O) groups excluding carboxylic acids is 1. The van der Waals surface area contributed by atoms with E-state index in [1.807, 2.05) is 0 Å². The molecule has 0 N–H and O–H groups in total. The Morgan fingerprint density at radius 1 is 1.62 bits per heavy atom. The summed E-state index contributed by atoms with van der Waals surface area (Å²) in [6, 6.07) is 5.39. The van der Waals surface area contributed by atoms with E-state index in [1.54, 1.807) is 13.0 Å². The minimum atomic E-state index is -0.496. The Kier molecular flexibility index (Phi) is 2.76. The summed E-state index contributed by atoms with van der Waals surface area (Å²) in [6.45, 7) is 1.70. The Bertz CT molecular complexity index is 379.